The molecule has 0 spiro atoms. The van der Waals surface area contributed by atoms with Gasteiger partial charge in [-0.3, -0.25) is 19.1 Å². The van der Waals surface area contributed by atoms with Gasteiger partial charge in [-0.2, -0.15) is 4.98 Å². The Kier molecular flexibility index (Phi) is 7.58. The van der Waals surface area contributed by atoms with Crippen molar-refractivity contribution in [2.45, 2.75) is 37.4 Å². The van der Waals surface area contributed by atoms with Crippen LogP contribution in [0.1, 0.15) is 19.4 Å². The van der Waals surface area contributed by atoms with E-state index in [1.54, 1.807) is 12.1 Å². The zero-order valence-electron chi connectivity index (χ0n) is 19.9. The van der Waals surface area contributed by atoms with Crippen molar-refractivity contribution >= 4 is 46.5 Å². The largest absolute Gasteiger partial charge is 0.468 e. The molecule has 1 fully saturated rings. The number of nitrogens with one attached hydrogen (secondary N) is 2. The fourth-order valence-corrected chi connectivity index (χ4v) is 6.84. The summed E-state index contributed by atoms with van der Waals surface area (Å²) in [7, 11) is -3.14. The zero-order valence-corrected chi connectivity index (χ0v) is 22.3. The summed E-state index contributed by atoms with van der Waals surface area (Å²) in [5.74, 6) is -3.64. The number of benzene rings is 1. The van der Waals surface area contributed by atoms with Crippen LogP contribution in [0.15, 0.2) is 52.0 Å². The lowest BCUT2D eigenvalue weighted by Crippen LogP contribution is -2.40. The lowest BCUT2D eigenvalue weighted by molar-refractivity contribution is -0.142. The van der Waals surface area contributed by atoms with Crippen LogP contribution >= 0.6 is 23.4 Å². The highest BCUT2D eigenvalue weighted by atomic mass is 79.9. The Bertz CT molecular complexity index is 1440. The maximum atomic E-state index is 14.1. The number of H-pyrrole nitrogens is 1. The van der Waals surface area contributed by atoms with Crippen molar-refractivity contribution < 1.29 is 28.8 Å². The molecule has 1 aliphatic carbocycles. The number of ether oxygens (including phenoxy) is 1. The van der Waals surface area contributed by atoms with Crippen LogP contribution in [0.2, 0.25) is 0 Å². The van der Waals surface area contributed by atoms with Gasteiger partial charge in [0.15, 0.2) is 17.0 Å². The maximum Gasteiger partial charge on any atom is 0.346 e. The maximum absolute atomic E-state index is 14.1. The van der Waals surface area contributed by atoms with Gasteiger partial charge in [0.25, 0.3) is 5.56 Å². The van der Waals surface area contributed by atoms with E-state index in [2.05, 4.69) is 42.5 Å². The van der Waals surface area contributed by atoms with E-state index >= 15 is 0 Å². The van der Waals surface area contributed by atoms with Crippen molar-refractivity contribution in [1.29, 1.82) is 0 Å². The molecule has 2 heterocycles. The van der Waals surface area contributed by atoms with Crippen LogP contribution in [-0.2, 0) is 14.1 Å². The molecule has 0 amide bonds. The Hall–Kier alpha value is -3.03. The summed E-state index contributed by atoms with van der Waals surface area (Å²) in [6, 6.07) is 4.59. The quantitative estimate of drug-likeness (QED) is 0.144. The number of aromatic amines is 1. The van der Waals surface area contributed by atoms with E-state index in [0.29, 0.717) is 5.57 Å². The average molecular weight is 597 g/mol. The number of aliphatic hydroxyl groups excluding tert-OH is 2. The van der Waals surface area contributed by atoms with E-state index in [4.69, 9.17) is 15.0 Å². The van der Waals surface area contributed by atoms with Gasteiger partial charge in [-0.25, -0.2) is 10.1 Å². The monoisotopic (exact) mass is 596 g/mol. The third kappa shape index (κ3) is 5.20. The molecule has 1 aliphatic rings. The number of imidazole rings is 1. The highest BCUT2D eigenvalue weighted by Crippen LogP contribution is 2.55. The number of methoxy groups -OCH3 is 1. The first-order chi connectivity index (χ1) is 17.4. The number of anilines is 1. The van der Waals surface area contributed by atoms with Crippen LogP contribution in [0.3, 0.4) is 0 Å². The highest BCUT2D eigenvalue weighted by Gasteiger charge is 2.51. The van der Waals surface area contributed by atoms with Crippen molar-refractivity contribution in [1.82, 2.24) is 24.6 Å². The molecule has 4 rings (SSSR count). The highest BCUT2D eigenvalue weighted by molar-refractivity contribution is 9.10. The minimum Gasteiger partial charge on any atom is -0.468 e. The van der Waals surface area contributed by atoms with E-state index in [1.807, 2.05) is 0 Å². The van der Waals surface area contributed by atoms with Crippen molar-refractivity contribution in [3.8, 4) is 5.75 Å². The second-order valence-corrected chi connectivity index (χ2v) is 11.7. The van der Waals surface area contributed by atoms with Crippen molar-refractivity contribution in [2.24, 2.45) is 5.92 Å². The number of halogens is 1. The standard InChI is InChI=1S/C22H26BrN6O7P/c1-10-14(29-9-25-17-18(29)26-22(24)27-19(17)31)8-15(30)16(10)21(33)37(34,28-11(2)20(32)35-3)36-13-6-4-12(23)5-7-13/h4-7,9,11,14-16,21,30,33H,1,8H2,2-3H3,(H,28,34)(H3,24,26,27,31)/t11-,14-,15-,16+,21-,37?/m0/s1. The molecule has 0 bridgehead atoms. The molecule has 6 atom stereocenters. The summed E-state index contributed by atoms with van der Waals surface area (Å²) in [5.41, 5.74) is 5.66. The van der Waals surface area contributed by atoms with Crippen LogP contribution < -0.4 is 20.9 Å². The summed E-state index contributed by atoms with van der Waals surface area (Å²) >= 11 is 3.31. The minimum absolute atomic E-state index is 0.0401. The topological polar surface area (TPSA) is 195 Å². The van der Waals surface area contributed by atoms with Crippen LogP contribution in [0.25, 0.3) is 11.2 Å². The number of fused-ring (bicyclic) bond motifs is 1. The van der Waals surface area contributed by atoms with E-state index in [9.17, 15) is 24.4 Å². The molecule has 6 N–H and O–H groups in total. The molecule has 3 aromatic rings. The molecule has 198 valence electrons. The Morgan fingerprint density at radius 2 is 2.08 bits per heavy atom. The molecule has 2 aromatic heterocycles. The molecule has 1 unspecified atom stereocenters. The number of nitrogens with two attached hydrogens (primary N) is 1. The van der Waals surface area contributed by atoms with Crippen molar-refractivity contribution in [3.05, 3.63) is 57.6 Å². The molecule has 0 radical (unpaired) electrons. The average Bonchev–Trinajstić information content (AvgIpc) is 3.39. The summed E-state index contributed by atoms with van der Waals surface area (Å²) < 4.78 is 26.8. The fraction of sp³-hybridized carbons (Fsp3) is 0.364. The van der Waals surface area contributed by atoms with Gasteiger partial charge in [-0.1, -0.05) is 22.5 Å². The number of nitrogens with zero attached hydrogens (tertiary/aromatic N) is 3. The van der Waals surface area contributed by atoms with Crippen LogP contribution in [-0.4, -0.2) is 60.8 Å². The molecule has 15 heteroatoms. The summed E-state index contributed by atoms with van der Waals surface area (Å²) in [4.78, 5) is 34.8. The molecule has 1 saturated carbocycles. The van der Waals surface area contributed by atoms with E-state index in [-0.39, 0.29) is 29.3 Å². The number of carbonyl (C=O) groups excluding carboxylic acids is 1. The molecule has 13 nitrogen and oxygen atoms in total. The Labute approximate surface area is 219 Å². The molecular formula is C22H26BrN6O7P. The first-order valence-corrected chi connectivity index (χ1v) is 13.6. The minimum atomic E-state index is -4.31. The Morgan fingerprint density at radius 1 is 1.41 bits per heavy atom. The zero-order chi connectivity index (χ0) is 27.1. The van der Waals surface area contributed by atoms with Crippen molar-refractivity contribution in [3.63, 3.8) is 0 Å². The number of aliphatic hydroxyl groups is 2. The predicted molar refractivity (Wildman–Crippen MR) is 138 cm³/mol. The first-order valence-electron chi connectivity index (χ1n) is 11.1. The number of aromatic nitrogens is 4. The van der Waals surface area contributed by atoms with E-state index < -0.39 is 49.0 Å². The first kappa shape index (κ1) is 27.0. The van der Waals surface area contributed by atoms with Gasteiger partial charge in [0.1, 0.15) is 11.8 Å². The van der Waals surface area contributed by atoms with E-state index in [0.717, 1.165) is 4.47 Å². The third-order valence-corrected chi connectivity index (χ3v) is 8.95. The SMILES string of the molecule is C=C1[C@@H]([C@@H](O)P(=O)(N[C@@H](C)C(=O)OC)Oc2ccc(Br)cc2)[C@@H](O)C[C@@H]1n1cnc2c(=O)[nH]c(N)nc21. The van der Waals surface area contributed by atoms with Crippen LogP contribution in [0.5, 0.6) is 5.75 Å². The molecule has 0 aliphatic heterocycles. The van der Waals surface area contributed by atoms with Crippen molar-refractivity contribution in [2.75, 3.05) is 12.8 Å². The van der Waals surface area contributed by atoms with Gasteiger partial charge < -0.3 is 29.8 Å². The summed E-state index contributed by atoms with van der Waals surface area (Å²) in [5, 5.41) is 24.9. The smallest absolute Gasteiger partial charge is 0.346 e. The second-order valence-electron chi connectivity index (χ2n) is 8.62. The van der Waals surface area contributed by atoms with Gasteiger partial charge in [0.05, 0.1) is 25.6 Å². The summed E-state index contributed by atoms with van der Waals surface area (Å²) in [6.07, 6.45) is 0.200. The Morgan fingerprint density at radius 3 is 2.73 bits per heavy atom. The van der Waals surface area contributed by atoms with Gasteiger partial charge >= 0.3 is 13.5 Å². The number of rotatable bonds is 8. The number of nitrogen functional groups attached to an aromatic ring is 1. The van der Waals surface area contributed by atoms with Gasteiger partial charge in [-0.05, 0) is 43.2 Å². The summed E-state index contributed by atoms with van der Waals surface area (Å²) in [6.45, 7) is 5.45. The second kappa shape index (κ2) is 10.4. The Balaban J connectivity index is 1.69. The fourth-order valence-electron chi connectivity index (χ4n) is 4.37. The number of hydrogen-bond acceptors (Lipinski definition) is 10. The molecule has 1 aromatic carbocycles. The number of esters is 1. The van der Waals surface area contributed by atoms with Gasteiger partial charge in [0.2, 0.25) is 5.95 Å². The normalized spacial score (nSPS) is 22.9. The molecular weight excluding hydrogens is 571 g/mol. The predicted octanol–water partition coefficient (Wildman–Crippen LogP) is 1.68. The lowest BCUT2D eigenvalue weighted by atomic mass is 10.0. The van der Waals surface area contributed by atoms with Gasteiger partial charge in [0, 0.05) is 10.4 Å². The third-order valence-electron chi connectivity index (χ3n) is 6.17. The number of carbonyl (C=O) groups is 1. The van der Waals surface area contributed by atoms with Gasteiger partial charge in [-0.15, -0.1) is 0 Å². The van der Waals surface area contributed by atoms with E-state index in [1.165, 1.54) is 37.1 Å². The molecule has 37 heavy (non-hydrogen) atoms. The number of hydrogen-bond donors (Lipinski definition) is 5. The van der Waals surface area contributed by atoms with Crippen LogP contribution in [0.4, 0.5) is 5.95 Å². The lowest BCUT2D eigenvalue weighted by Gasteiger charge is -2.32. The van der Waals surface area contributed by atoms with Crippen LogP contribution in [0, 0.1) is 5.92 Å². The molecule has 0 saturated heterocycles.